The molecule has 0 unspecified atom stereocenters. The predicted octanol–water partition coefficient (Wildman–Crippen LogP) is 4.01. The molecule has 0 aliphatic heterocycles. The van der Waals surface area contributed by atoms with Gasteiger partial charge < -0.3 is 28.4 Å². The van der Waals surface area contributed by atoms with Gasteiger partial charge in [0.1, 0.15) is 26.4 Å². The van der Waals surface area contributed by atoms with E-state index in [4.69, 9.17) is 28.4 Å². The van der Waals surface area contributed by atoms with E-state index in [-0.39, 0.29) is 74.9 Å². The lowest BCUT2D eigenvalue weighted by atomic mass is 9.99. The van der Waals surface area contributed by atoms with Crippen LogP contribution in [0.5, 0.6) is 0 Å². The molecule has 240 valence electrons. The Kier molecular flexibility index (Phi) is 19.5. The van der Waals surface area contributed by atoms with Gasteiger partial charge in [0.05, 0.1) is 13.2 Å². The van der Waals surface area contributed by atoms with Gasteiger partial charge in [-0.05, 0) is 36.5 Å². The van der Waals surface area contributed by atoms with Crippen molar-refractivity contribution < 1.29 is 57.2 Å². The molecule has 0 aromatic heterocycles. The van der Waals surface area contributed by atoms with Crippen molar-refractivity contribution >= 4 is 35.8 Å². The molecule has 0 atom stereocenters. The van der Waals surface area contributed by atoms with Crippen LogP contribution in [0.2, 0.25) is 0 Å². The fourth-order valence-electron chi connectivity index (χ4n) is 2.79. The summed E-state index contributed by atoms with van der Waals surface area (Å²) in [7, 11) is 0. The maximum atomic E-state index is 11.7. The highest BCUT2D eigenvalue weighted by atomic mass is 16.6. The molecular formula is C30H48O12. The number of carbonyl (C=O) groups is 6. The summed E-state index contributed by atoms with van der Waals surface area (Å²) in [4.78, 5) is 70.0. The third-order valence-corrected chi connectivity index (χ3v) is 4.89. The Hall–Kier alpha value is -3.44. The molecule has 0 rings (SSSR count). The lowest BCUT2D eigenvalue weighted by Crippen LogP contribution is -2.18. The zero-order chi connectivity index (χ0) is 32.0. The number of carbonyl (C=O) groups excluding carboxylic acids is 6. The first-order chi connectivity index (χ1) is 19.6. The zero-order valence-corrected chi connectivity index (χ0v) is 26.0. The Balaban J connectivity index is 3.78. The van der Waals surface area contributed by atoms with Crippen LogP contribution in [0, 0.1) is 10.8 Å². The van der Waals surface area contributed by atoms with Gasteiger partial charge in [-0.2, -0.15) is 0 Å². The molecule has 0 heterocycles. The summed E-state index contributed by atoms with van der Waals surface area (Å²) in [6, 6.07) is 0. The van der Waals surface area contributed by atoms with Gasteiger partial charge in [-0.3, -0.25) is 19.2 Å². The second-order valence-electron chi connectivity index (χ2n) is 12.0. The highest BCUT2D eigenvalue weighted by Crippen LogP contribution is 2.15. The number of unbranched alkanes of at least 4 members (excludes halogenated alkanes) is 2. The fourth-order valence-corrected chi connectivity index (χ4v) is 2.79. The highest BCUT2D eigenvalue weighted by Gasteiger charge is 2.15. The van der Waals surface area contributed by atoms with E-state index in [2.05, 4.69) is 0 Å². The Morgan fingerprint density at radius 2 is 0.690 bits per heavy atom. The summed E-state index contributed by atoms with van der Waals surface area (Å²) < 4.78 is 29.9. The second-order valence-corrected chi connectivity index (χ2v) is 12.0. The molecular weight excluding hydrogens is 552 g/mol. The summed E-state index contributed by atoms with van der Waals surface area (Å²) in [6.45, 7) is 11.8. The molecule has 0 aromatic carbocycles. The normalized spacial score (nSPS) is 11.5. The van der Waals surface area contributed by atoms with Crippen LogP contribution < -0.4 is 0 Å². The van der Waals surface area contributed by atoms with E-state index in [1.54, 1.807) is 0 Å². The van der Waals surface area contributed by atoms with Gasteiger partial charge in [-0.15, -0.1) is 0 Å². The molecule has 0 saturated carbocycles. The van der Waals surface area contributed by atoms with E-state index in [0.29, 0.717) is 38.9 Å². The van der Waals surface area contributed by atoms with E-state index >= 15 is 0 Å². The first-order valence-corrected chi connectivity index (χ1v) is 14.2. The Labute approximate surface area is 248 Å². The van der Waals surface area contributed by atoms with Crippen LogP contribution in [-0.4, -0.2) is 75.5 Å². The lowest BCUT2D eigenvalue weighted by molar-refractivity contribution is -0.150. The summed E-state index contributed by atoms with van der Waals surface area (Å²) in [5, 5.41) is 0. The predicted molar refractivity (Wildman–Crippen MR) is 151 cm³/mol. The topological polar surface area (TPSA) is 158 Å². The van der Waals surface area contributed by atoms with Crippen molar-refractivity contribution in [1.29, 1.82) is 0 Å². The number of hydrogen-bond acceptors (Lipinski definition) is 12. The van der Waals surface area contributed by atoms with Crippen LogP contribution in [0.25, 0.3) is 0 Å². The van der Waals surface area contributed by atoms with Crippen molar-refractivity contribution in [3.05, 3.63) is 12.2 Å². The first-order valence-electron chi connectivity index (χ1n) is 14.2. The Bertz CT molecular complexity index is 821. The Morgan fingerprint density at radius 1 is 0.429 bits per heavy atom. The third kappa shape index (κ3) is 26.8. The van der Waals surface area contributed by atoms with Crippen LogP contribution in [0.15, 0.2) is 12.2 Å². The molecule has 42 heavy (non-hydrogen) atoms. The van der Waals surface area contributed by atoms with Gasteiger partial charge in [0.25, 0.3) is 0 Å². The molecule has 0 aromatic rings. The molecule has 0 saturated heterocycles. The SMILES string of the molecule is CC(C)(C)COC(=O)CCCCC(=O)OCCOC(=O)/C=C\C(=O)OCCOC(=O)CCCCC(=O)OCC(C)(C)C. The van der Waals surface area contributed by atoms with Gasteiger partial charge in [-0.25, -0.2) is 9.59 Å². The van der Waals surface area contributed by atoms with E-state index < -0.39 is 23.9 Å². The van der Waals surface area contributed by atoms with Gasteiger partial charge in [0.2, 0.25) is 0 Å². The van der Waals surface area contributed by atoms with Crippen molar-refractivity contribution in [2.24, 2.45) is 10.8 Å². The molecule has 0 spiro atoms. The Morgan fingerprint density at radius 3 is 0.976 bits per heavy atom. The van der Waals surface area contributed by atoms with E-state index in [0.717, 1.165) is 12.2 Å². The first kappa shape index (κ1) is 38.6. The minimum Gasteiger partial charge on any atom is -0.465 e. The van der Waals surface area contributed by atoms with Crippen LogP contribution in [0.4, 0.5) is 0 Å². The van der Waals surface area contributed by atoms with Crippen molar-refractivity contribution in [3.63, 3.8) is 0 Å². The van der Waals surface area contributed by atoms with Crippen molar-refractivity contribution in [2.45, 2.75) is 92.9 Å². The molecule has 12 nitrogen and oxygen atoms in total. The molecule has 0 radical (unpaired) electrons. The average Bonchev–Trinajstić information content (AvgIpc) is 2.89. The van der Waals surface area contributed by atoms with Crippen LogP contribution in [0.3, 0.4) is 0 Å². The monoisotopic (exact) mass is 600 g/mol. The molecule has 0 N–H and O–H groups in total. The summed E-state index contributed by atoms with van der Waals surface area (Å²) in [6.07, 6.45) is 4.32. The quantitative estimate of drug-likeness (QED) is 0.0857. The second kappa shape index (κ2) is 21.3. The van der Waals surface area contributed by atoms with E-state index in [1.807, 2.05) is 41.5 Å². The van der Waals surface area contributed by atoms with Crippen LogP contribution in [-0.2, 0) is 57.2 Å². The lowest BCUT2D eigenvalue weighted by Gasteiger charge is -2.17. The molecule has 0 fully saturated rings. The highest BCUT2D eigenvalue weighted by molar-refractivity contribution is 5.91. The smallest absolute Gasteiger partial charge is 0.331 e. The molecule has 0 amide bonds. The minimum atomic E-state index is -0.828. The average molecular weight is 601 g/mol. The molecule has 12 heteroatoms. The van der Waals surface area contributed by atoms with Gasteiger partial charge in [-0.1, -0.05) is 41.5 Å². The molecule has 0 aliphatic rings. The number of rotatable bonds is 20. The number of esters is 6. The van der Waals surface area contributed by atoms with Gasteiger partial charge >= 0.3 is 35.8 Å². The summed E-state index contributed by atoms with van der Waals surface area (Å²) in [5.74, 6) is -3.23. The van der Waals surface area contributed by atoms with E-state index in [1.165, 1.54) is 0 Å². The number of ether oxygens (including phenoxy) is 6. The van der Waals surface area contributed by atoms with E-state index in [9.17, 15) is 28.8 Å². The van der Waals surface area contributed by atoms with Crippen molar-refractivity contribution in [3.8, 4) is 0 Å². The minimum absolute atomic E-state index is 0.103. The molecule has 0 bridgehead atoms. The number of hydrogen-bond donors (Lipinski definition) is 0. The maximum Gasteiger partial charge on any atom is 0.331 e. The van der Waals surface area contributed by atoms with Crippen molar-refractivity contribution in [1.82, 2.24) is 0 Å². The van der Waals surface area contributed by atoms with Crippen molar-refractivity contribution in [2.75, 3.05) is 39.6 Å². The largest absolute Gasteiger partial charge is 0.465 e. The maximum absolute atomic E-state index is 11.7. The van der Waals surface area contributed by atoms with Gasteiger partial charge in [0, 0.05) is 37.8 Å². The van der Waals surface area contributed by atoms with Crippen LogP contribution in [0.1, 0.15) is 92.9 Å². The standard InChI is InChI=1S/C30H48O12/c1-29(2,3)21-41-25(33)13-9-7-11-23(31)37-17-19-39-27(35)15-16-28(36)40-20-18-38-24(32)12-8-10-14-26(34)42-22-30(4,5)6/h15-16H,7-14,17-22H2,1-6H3/b16-15-. The zero-order valence-electron chi connectivity index (χ0n) is 26.0. The third-order valence-electron chi connectivity index (χ3n) is 4.89. The van der Waals surface area contributed by atoms with Gasteiger partial charge in [0.15, 0.2) is 0 Å². The summed E-state index contributed by atoms with van der Waals surface area (Å²) >= 11 is 0. The summed E-state index contributed by atoms with van der Waals surface area (Å²) in [5.41, 5.74) is -0.205. The fraction of sp³-hybridized carbons (Fsp3) is 0.733. The molecule has 0 aliphatic carbocycles. The van der Waals surface area contributed by atoms with Crippen LogP contribution >= 0.6 is 0 Å².